The average Bonchev–Trinajstić information content (AvgIpc) is 2.88. The van der Waals surface area contributed by atoms with Crippen molar-refractivity contribution in [3.8, 4) is 0 Å². The van der Waals surface area contributed by atoms with Crippen molar-refractivity contribution in [2.45, 2.75) is 17.2 Å². The molecule has 0 N–H and O–H groups in total. The number of aromatic nitrogens is 2. The van der Waals surface area contributed by atoms with Gasteiger partial charge in [-0.25, -0.2) is 0 Å². The molecule has 6 heteroatoms. The summed E-state index contributed by atoms with van der Waals surface area (Å²) >= 11 is 6.54. The van der Waals surface area contributed by atoms with Gasteiger partial charge in [-0.05, 0) is 18.6 Å². The van der Waals surface area contributed by atoms with Crippen LogP contribution in [-0.4, -0.2) is 21.7 Å². The van der Waals surface area contributed by atoms with Crippen LogP contribution in [0.15, 0.2) is 38.6 Å². The molecule has 0 aliphatic carbocycles. The Hall–Kier alpha value is -0.720. The van der Waals surface area contributed by atoms with E-state index in [9.17, 15) is 4.79 Å². The van der Waals surface area contributed by atoms with Gasteiger partial charge in [-0.2, -0.15) is 0 Å². The lowest BCUT2D eigenvalue weighted by molar-refractivity contribution is 0.0982. The zero-order valence-electron chi connectivity index (χ0n) is 9.51. The number of rotatable bonds is 6. The van der Waals surface area contributed by atoms with Crippen molar-refractivity contribution >= 4 is 44.8 Å². The Balaban J connectivity index is 1.73. The molecule has 18 heavy (non-hydrogen) atoms. The van der Waals surface area contributed by atoms with Crippen LogP contribution in [0.25, 0.3) is 0 Å². The first-order valence-corrected chi connectivity index (χ1v) is 8.09. The molecule has 0 fully saturated rings. The summed E-state index contributed by atoms with van der Waals surface area (Å²) in [5, 5.41) is 7.71. The molecule has 3 nitrogen and oxygen atoms in total. The van der Waals surface area contributed by atoms with E-state index in [1.165, 1.54) is 11.3 Å². The monoisotopic (exact) mass is 342 g/mol. The van der Waals surface area contributed by atoms with E-state index in [0.29, 0.717) is 6.42 Å². The second-order valence-corrected chi connectivity index (χ2v) is 6.68. The third-order valence-electron chi connectivity index (χ3n) is 2.28. The quantitative estimate of drug-likeness (QED) is 0.451. The highest BCUT2D eigenvalue weighted by Crippen LogP contribution is 2.20. The molecule has 0 atom stereocenters. The Morgan fingerprint density at radius 2 is 2.11 bits per heavy atom. The SMILES string of the molecule is O=C(CCCSc1nncs1)c1ccc(Br)cc1. The Labute approximate surface area is 122 Å². The summed E-state index contributed by atoms with van der Waals surface area (Å²) in [6.45, 7) is 0. The molecule has 0 unspecified atom stereocenters. The summed E-state index contributed by atoms with van der Waals surface area (Å²) in [6.07, 6.45) is 1.44. The minimum atomic E-state index is 0.195. The van der Waals surface area contributed by atoms with Gasteiger partial charge >= 0.3 is 0 Å². The fraction of sp³-hybridized carbons (Fsp3) is 0.250. The average molecular weight is 343 g/mol. The van der Waals surface area contributed by atoms with Crippen LogP contribution >= 0.6 is 39.0 Å². The molecule has 2 rings (SSSR count). The minimum absolute atomic E-state index is 0.195. The van der Waals surface area contributed by atoms with Crippen LogP contribution in [0.3, 0.4) is 0 Å². The zero-order valence-corrected chi connectivity index (χ0v) is 12.7. The van der Waals surface area contributed by atoms with Crippen molar-refractivity contribution < 1.29 is 4.79 Å². The van der Waals surface area contributed by atoms with Crippen LogP contribution in [0, 0.1) is 0 Å². The Bertz CT molecular complexity index is 499. The summed E-state index contributed by atoms with van der Waals surface area (Å²) in [5.74, 6) is 1.10. The Morgan fingerprint density at radius 3 is 2.78 bits per heavy atom. The third kappa shape index (κ3) is 4.19. The molecular formula is C12H11BrN2OS2. The fourth-order valence-corrected chi connectivity index (χ4v) is 3.16. The van der Waals surface area contributed by atoms with Crippen LogP contribution in [0.5, 0.6) is 0 Å². The number of ketones is 1. The predicted octanol–water partition coefficient (Wildman–Crippen LogP) is 4.06. The third-order valence-corrected chi connectivity index (χ3v) is 4.76. The topological polar surface area (TPSA) is 42.9 Å². The second kappa shape index (κ2) is 7.01. The van der Waals surface area contributed by atoms with Crippen LogP contribution in [-0.2, 0) is 0 Å². The summed E-state index contributed by atoms with van der Waals surface area (Å²) in [7, 11) is 0. The zero-order chi connectivity index (χ0) is 12.8. The molecule has 0 aliphatic heterocycles. The van der Waals surface area contributed by atoms with E-state index < -0.39 is 0 Å². The number of hydrogen-bond acceptors (Lipinski definition) is 5. The maximum atomic E-state index is 11.9. The van der Waals surface area contributed by atoms with E-state index in [2.05, 4.69) is 26.1 Å². The standard InChI is InChI=1S/C12H11BrN2OS2/c13-10-5-3-9(4-6-10)11(16)2-1-7-17-12-15-14-8-18-12/h3-6,8H,1-2,7H2. The molecule has 0 saturated heterocycles. The summed E-state index contributed by atoms with van der Waals surface area (Å²) in [6, 6.07) is 7.49. The first kappa shape index (κ1) is 13.7. The Kier molecular flexibility index (Phi) is 5.34. The molecule has 1 aromatic carbocycles. The number of carbonyl (C=O) groups excluding carboxylic acids is 1. The van der Waals surface area contributed by atoms with Crippen LogP contribution in [0.1, 0.15) is 23.2 Å². The van der Waals surface area contributed by atoms with Crippen molar-refractivity contribution in [3.05, 3.63) is 39.8 Å². The first-order valence-electron chi connectivity index (χ1n) is 5.43. The van der Waals surface area contributed by atoms with Gasteiger partial charge in [0.2, 0.25) is 0 Å². The van der Waals surface area contributed by atoms with Crippen molar-refractivity contribution in [2.24, 2.45) is 0 Å². The van der Waals surface area contributed by atoms with Crippen molar-refractivity contribution in [3.63, 3.8) is 0 Å². The molecule has 0 bridgehead atoms. The molecule has 0 aliphatic rings. The smallest absolute Gasteiger partial charge is 0.174 e. The van der Waals surface area contributed by atoms with Gasteiger partial charge in [0, 0.05) is 22.2 Å². The van der Waals surface area contributed by atoms with E-state index in [0.717, 1.165) is 26.5 Å². The minimum Gasteiger partial charge on any atom is -0.294 e. The van der Waals surface area contributed by atoms with E-state index in [4.69, 9.17) is 0 Å². The predicted molar refractivity (Wildman–Crippen MR) is 78.3 cm³/mol. The molecule has 0 amide bonds. The number of carbonyl (C=O) groups is 1. The number of hydrogen-bond donors (Lipinski definition) is 0. The van der Waals surface area contributed by atoms with Crippen LogP contribution in [0.2, 0.25) is 0 Å². The summed E-state index contributed by atoms with van der Waals surface area (Å²) < 4.78 is 1.96. The molecular weight excluding hydrogens is 332 g/mol. The lowest BCUT2D eigenvalue weighted by Gasteiger charge is -2.00. The largest absolute Gasteiger partial charge is 0.294 e. The molecule has 2 aromatic rings. The molecule has 94 valence electrons. The number of benzene rings is 1. The van der Waals surface area contributed by atoms with E-state index in [-0.39, 0.29) is 5.78 Å². The molecule has 0 spiro atoms. The number of thioether (sulfide) groups is 1. The summed E-state index contributed by atoms with van der Waals surface area (Å²) in [5.41, 5.74) is 2.49. The molecule has 0 saturated carbocycles. The Morgan fingerprint density at radius 1 is 1.33 bits per heavy atom. The van der Waals surface area contributed by atoms with E-state index >= 15 is 0 Å². The first-order chi connectivity index (χ1) is 8.75. The number of nitrogens with zero attached hydrogens (tertiary/aromatic N) is 2. The lowest BCUT2D eigenvalue weighted by atomic mass is 10.1. The van der Waals surface area contributed by atoms with E-state index in [1.807, 2.05) is 24.3 Å². The van der Waals surface area contributed by atoms with Crippen molar-refractivity contribution in [2.75, 3.05) is 5.75 Å². The van der Waals surface area contributed by atoms with Gasteiger partial charge in [-0.1, -0.05) is 51.2 Å². The van der Waals surface area contributed by atoms with Crippen molar-refractivity contribution in [1.29, 1.82) is 0 Å². The second-order valence-electron chi connectivity index (χ2n) is 3.59. The normalized spacial score (nSPS) is 10.5. The van der Waals surface area contributed by atoms with E-state index in [1.54, 1.807) is 17.3 Å². The highest BCUT2D eigenvalue weighted by atomic mass is 79.9. The summed E-state index contributed by atoms with van der Waals surface area (Å²) in [4.78, 5) is 11.9. The number of Topliss-reactive ketones (excluding diaryl/α,β-unsaturated/α-hetero) is 1. The highest BCUT2D eigenvalue weighted by molar-refractivity contribution is 9.10. The molecule has 0 radical (unpaired) electrons. The number of halogens is 1. The van der Waals surface area contributed by atoms with Gasteiger partial charge in [0.15, 0.2) is 10.1 Å². The molecule has 1 heterocycles. The van der Waals surface area contributed by atoms with Crippen LogP contribution < -0.4 is 0 Å². The van der Waals surface area contributed by atoms with Gasteiger partial charge in [0.25, 0.3) is 0 Å². The van der Waals surface area contributed by atoms with Gasteiger partial charge in [0.1, 0.15) is 5.51 Å². The maximum Gasteiger partial charge on any atom is 0.174 e. The van der Waals surface area contributed by atoms with Gasteiger partial charge in [0.05, 0.1) is 0 Å². The maximum absolute atomic E-state index is 11.9. The van der Waals surface area contributed by atoms with Gasteiger partial charge in [-0.15, -0.1) is 10.2 Å². The fourth-order valence-electron chi connectivity index (χ4n) is 1.40. The highest BCUT2D eigenvalue weighted by Gasteiger charge is 2.05. The van der Waals surface area contributed by atoms with Gasteiger partial charge < -0.3 is 0 Å². The van der Waals surface area contributed by atoms with Crippen LogP contribution in [0.4, 0.5) is 0 Å². The molecule has 1 aromatic heterocycles. The lowest BCUT2D eigenvalue weighted by Crippen LogP contribution is -1.99. The van der Waals surface area contributed by atoms with Gasteiger partial charge in [-0.3, -0.25) is 4.79 Å². The van der Waals surface area contributed by atoms with Crippen molar-refractivity contribution in [1.82, 2.24) is 10.2 Å².